The summed E-state index contributed by atoms with van der Waals surface area (Å²) in [6, 6.07) is 23.0. The van der Waals surface area contributed by atoms with E-state index in [9.17, 15) is 24.3 Å². The Bertz CT molecular complexity index is 1280. The number of aliphatic hydroxyl groups excluding tert-OH is 1. The van der Waals surface area contributed by atoms with Crippen molar-refractivity contribution in [3.05, 3.63) is 108 Å². The number of amides is 1. The fourth-order valence-corrected chi connectivity index (χ4v) is 4.07. The lowest BCUT2D eigenvalue weighted by molar-refractivity contribution is -0.253. The van der Waals surface area contributed by atoms with Gasteiger partial charge >= 0.3 is 17.9 Å². The number of nitrogens with one attached hydrogen (secondary N) is 1. The molecule has 3 aromatic rings. The van der Waals surface area contributed by atoms with Crippen LogP contribution in [0.3, 0.4) is 0 Å². The van der Waals surface area contributed by atoms with Gasteiger partial charge in [0, 0.05) is 6.92 Å². The summed E-state index contributed by atoms with van der Waals surface area (Å²) >= 11 is 0. The lowest BCUT2D eigenvalue weighted by Gasteiger charge is -2.43. The highest BCUT2D eigenvalue weighted by molar-refractivity contribution is 5.91. The molecule has 1 aliphatic heterocycles. The maximum Gasteiger partial charge on any atom is 0.338 e. The zero-order valence-corrected chi connectivity index (χ0v) is 21.0. The minimum atomic E-state index is -1.69. The van der Waals surface area contributed by atoms with Gasteiger partial charge in [0.2, 0.25) is 5.91 Å². The summed E-state index contributed by atoms with van der Waals surface area (Å²) in [6.07, 6.45) is -5.72. The first-order valence-corrected chi connectivity index (χ1v) is 12.2. The predicted octanol–water partition coefficient (Wildman–Crippen LogP) is 2.52. The van der Waals surface area contributed by atoms with E-state index in [2.05, 4.69) is 5.32 Å². The van der Waals surface area contributed by atoms with Crippen molar-refractivity contribution in [2.24, 2.45) is 0 Å². The highest BCUT2D eigenvalue weighted by Crippen LogP contribution is 2.28. The number of carbonyl (C=O) groups excluding carboxylic acids is 4. The second-order valence-corrected chi connectivity index (χ2v) is 8.73. The van der Waals surface area contributed by atoms with Crippen LogP contribution in [0.1, 0.15) is 38.0 Å². The van der Waals surface area contributed by atoms with Crippen molar-refractivity contribution < 1.29 is 43.2 Å². The summed E-state index contributed by atoms with van der Waals surface area (Å²) in [7, 11) is 0. The van der Waals surface area contributed by atoms with Crippen molar-refractivity contribution >= 4 is 23.8 Å². The third-order valence-corrected chi connectivity index (χ3v) is 5.93. The number of ether oxygens (including phenoxy) is 4. The standard InChI is InChI=1S/C29H27NO9/c1-18(31)30-23-25(39-28(34)21-15-9-4-10-16-21)24(38-27(33)20-13-7-3-8-14-20)22(37-29(23)35)17-36-26(32)19-11-5-2-6-12-19/h2-16,22-25,29,35H,17H2,1H3,(H,30,31)/t22?,23?,24-,25-,29-/m1/s1. The summed E-state index contributed by atoms with van der Waals surface area (Å²) in [4.78, 5) is 50.6. The topological polar surface area (TPSA) is 137 Å². The number of aliphatic hydroxyl groups is 1. The summed E-state index contributed by atoms with van der Waals surface area (Å²) in [5.74, 6) is -2.79. The molecule has 1 saturated heterocycles. The molecule has 5 atom stereocenters. The Morgan fingerprint density at radius 2 is 1.15 bits per heavy atom. The van der Waals surface area contributed by atoms with Gasteiger partial charge in [0.15, 0.2) is 18.5 Å². The Morgan fingerprint density at radius 3 is 1.62 bits per heavy atom. The maximum atomic E-state index is 13.1. The third kappa shape index (κ3) is 7.07. The van der Waals surface area contributed by atoms with Crippen molar-refractivity contribution in [2.75, 3.05) is 6.61 Å². The number of esters is 3. The van der Waals surface area contributed by atoms with Crippen LogP contribution in [0.5, 0.6) is 0 Å². The van der Waals surface area contributed by atoms with Crippen LogP contribution >= 0.6 is 0 Å². The van der Waals surface area contributed by atoms with Crippen LogP contribution in [0.25, 0.3) is 0 Å². The number of benzene rings is 3. The molecule has 0 aromatic heterocycles. The number of rotatable bonds is 8. The van der Waals surface area contributed by atoms with E-state index in [4.69, 9.17) is 18.9 Å². The molecule has 2 unspecified atom stereocenters. The Labute approximate surface area is 224 Å². The number of hydrogen-bond donors (Lipinski definition) is 2. The first-order valence-electron chi connectivity index (χ1n) is 12.2. The smallest absolute Gasteiger partial charge is 0.338 e. The van der Waals surface area contributed by atoms with Crippen LogP contribution in [-0.2, 0) is 23.7 Å². The number of carbonyl (C=O) groups is 4. The Balaban J connectivity index is 1.64. The molecule has 0 aliphatic carbocycles. The van der Waals surface area contributed by atoms with E-state index in [1.165, 1.54) is 31.2 Å². The monoisotopic (exact) mass is 533 g/mol. The summed E-state index contributed by atoms with van der Waals surface area (Å²) in [5.41, 5.74) is 0.669. The minimum Gasteiger partial charge on any atom is -0.459 e. The molecule has 10 nitrogen and oxygen atoms in total. The van der Waals surface area contributed by atoms with E-state index in [0.29, 0.717) is 0 Å². The molecule has 0 bridgehead atoms. The summed E-state index contributed by atoms with van der Waals surface area (Å²) < 4.78 is 22.5. The molecule has 202 valence electrons. The van der Waals surface area contributed by atoms with Gasteiger partial charge in [0.25, 0.3) is 0 Å². The molecule has 10 heteroatoms. The summed E-state index contributed by atoms with van der Waals surface area (Å²) in [5, 5.41) is 13.3. The molecule has 1 heterocycles. The zero-order valence-electron chi connectivity index (χ0n) is 21.0. The van der Waals surface area contributed by atoms with E-state index in [-0.39, 0.29) is 16.7 Å². The van der Waals surface area contributed by atoms with Crippen LogP contribution in [0, 0.1) is 0 Å². The molecule has 1 fully saturated rings. The van der Waals surface area contributed by atoms with Crippen molar-refractivity contribution in [1.82, 2.24) is 5.32 Å². The van der Waals surface area contributed by atoms with E-state index < -0.39 is 61.1 Å². The Morgan fingerprint density at radius 1 is 0.718 bits per heavy atom. The van der Waals surface area contributed by atoms with Gasteiger partial charge in [-0.25, -0.2) is 14.4 Å². The minimum absolute atomic E-state index is 0.195. The lowest BCUT2D eigenvalue weighted by atomic mass is 9.96. The van der Waals surface area contributed by atoms with Crippen LogP contribution in [0.2, 0.25) is 0 Å². The van der Waals surface area contributed by atoms with Gasteiger partial charge in [0.1, 0.15) is 18.8 Å². The molecule has 1 amide bonds. The molecule has 1 aliphatic rings. The maximum absolute atomic E-state index is 13.1. The molecule has 0 radical (unpaired) electrons. The molecule has 3 aromatic carbocycles. The molecule has 4 rings (SSSR count). The first kappa shape index (κ1) is 27.5. The van der Waals surface area contributed by atoms with E-state index in [0.717, 1.165) is 0 Å². The second kappa shape index (κ2) is 12.8. The quantitative estimate of drug-likeness (QED) is 0.330. The molecule has 2 N–H and O–H groups in total. The van der Waals surface area contributed by atoms with Crippen molar-refractivity contribution in [3.63, 3.8) is 0 Å². The average Bonchev–Trinajstić information content (AvgIpc) is 2.96. The van der Waals surface area contributed by atoms with Crippen LogP contribution in [0.15, 0.2) is 91.0 Å². The van der Waals surface area contributed by atoms with E-state index >= 15 is 0 Å². The van der Waals surface area contributed by atoms with Crippen LogP contribution in [0.4, 0.5) is 0 Å². The largest absolute Gasteiger partial charge is 0.459 e. The predicted molar refractivity (Wildman–Crippen MR) is 136 cm³/mol. The highest BCUT2D eigenvalue weighted by Gasteiger charge is 2.51. The Kier molecular flexibility index (Phi) is 9.03. The Hall–Kier alpha value is -4.54. The van der Waals surface area contributed by atoms with Gasteiger partial charge in [-0.15, -0.1) is 0 Å². The van der Waals surface area contributed by atoms with Crippen molar-refractivity contribution in [1.29, 1.82) is 0 Å². The van der Waals surface area contributed by atoms with E-state index in [1.807, 2.05) is 0 Å². The fourth-order valence-electron chi connectivity index (χ4n) is 4.07. The molecular weight excluding hydrogens is 506 g/mol. The van der Waals surface area contributed by atoms with Gasteiger partial charge in [0.05, 0.1) is 16.7 Å². The second-order valence-electron chi connectivity index (χ2n) is 8.73. The van der Waals surface area contributed by atoms with Crippen molar-refractivity contribution in [3.8, 4) is 0 Å². The molecule has 0 saturated carbocycles. The molecular formula is C29H27NO9. The van der Waals surface area contributed by atoms with Crippen LogP contribution < -0.4 is 5.32 Å². The van der Waals surface area contributed by atoms with Gasteiger partial charge in [-0.3, -0.25) is 4.79 Å². The van der Waals surface area contributed by atoms with E-state index in [1.54, 1.807) is 66.7 Å². The van der Waals surface area contributed by atoms with Gasteiger partial charge < -0.3 is 29.4 Å². The van der Waals surface area contributed by atoms with Crippen molar-refractivity contribution in [2.45, 2.75) is 37.6 Å². The molecule has 39 heavy (non-hydrogen) atoms. The normalized spacial score (nSPS) is 22.3. The molecule has 0 spiro atoms. The lowest BCUT2D eigenvalue weighted by Crippen LogP contribution is -2.66. The average molecular weight is 534 g/mol. The van der Waals surface area contributed by atoms with Crippen LogP contribution in [-0.4, -0.2) is 66.2 Å². The fraction of sp³-hybridized carbons (Fsp3) is 0.241. The first-order chi connectivity index (χ1) is 18.8. The summed E-state index contributed by atoms with van der Waals surface area (Å²) in [6.45, 7) is 0.755. The SMILES string of the molecule is CC(=O)NC1[C@H](O)OC(COC(=O)c2ccccc2)[C@@H](OC(=O)c2ccccc2)[C@@H]1OC(=O)c1ccccc1. The van der Waals surface area contributed by atoms with Gasteiger partial charge in [-0.05, 0) is 36.4 Å². The van der Waals surface area contributed by atoms with Gasteiger partial charge in [-0.2, -0.15) is 0 Å². The third-order valence-electron chi connectivity index (χ3n) is 5.93. The number of hydrogen-bond acceptors (Lipinski definition) is 9. The zero-order chi connectivity index (χ0) is 27.8. The highest BCUT2D eigenvalue weighted by atomic mass is 16.7. The van der Waals surface area contributed by atoms with Gasteiger partial charge in [-0.1, -0.05) is 54.6 Å².